The van der Waals surface area contributed by atoms with E-state index >= 15 is 0 Å². The number of benzene rings is 2. The van der Waals surface area contributed by atoms with Gasteiger partial charge in [-0.3, -0.25) is 9.59 Å². The molecule has 0 aliphatic carbocycles. The van der Waals surface area contributed by atoms with Gasteiger partial charge in [-0.15, -0.1) is 0 Å². The molecule has 0 saturated carbocycles. The summed E-state index contributed by atoms with van der Waals surface area (Å²) in [5.74, 6) is -0.766. The number of rotatable bonds is 7. The van der Waals surface area contributed by atoms with Crippen molar-refractivity contribution in [2.75, 3.05) is 41.4 Å². The summed E-state index contributed by atoms with van der Waals surface area (Å²) in [6.45, 7) is 0.855. The van der Waals surface area contributed by atoms with Crippen LogP contribution in [0.5, 0.6) is 11.5 Å². The number of likely N-dealkylation sites (N-methyl/N-ethyl adjacent to an activating group) is 1. The maximum Gasteiger partial charge on any atom is 0.295 e. The van der Waals surface area contributed by atoms with Crippen molar-refractivity contribution < 1.29 is 24.2 Å². The molecule has 1 amide bonds. The summed E-state index contributed by atoms with van der Waals surface area (Å²) in [5, 5.41) is 11.4. The molecule has 0 spiro atoms. The van der Waals surface area contributed by atoms with Gasteiger partial charge in [0.05, 0.1) is 30.9 Å². The second kappa shape index (κ2) is 9.41. The highest BCUT2D eigenvalue weighted by molar-refractivity contribution is 6.46. The Hall–Kier alpha value is -3.03. The number of hydrogen-bond acceptors (Lipinski definition) is 6. The average molecular weight is 445 g/mol. The van der Waals surface area contributed by atoms with Crippen molar-refractivity contribution >= 4 is 29.1 Å². The molecule has 2 aromatic rings. The Labute approximate surface area is 186 Å². The summed E-state index contributed by atoms with van der Waals surface area (Å²) in [4.78, 5) is 29.4. The summed E-state index contributed by atoms with van der Waals surface area (Å²) in [7, 11) is 6.77. The van der Waals surface area contributed by atoms with Gasteiger partial charge in [0.15, 0.2) is 0 Å². The van der Waals surface area contributed by atoms with Crippen LogP contribution in [0, 0.1) is 0 Å². The molecule has 0 bridgehead atoms. The Kier molecular flexibility index (Phi) is 6.87. The molecule has 31 heavy (non-hydrogen) atoms. The number of aliphatic hydroxyl groups excluding tert-OH is 1. The third-order valence-corrected chi connectivity index (χ3v) is 5.48. The number of aliphatic hydroxyl groups is 1. The van der Waals surface area contributed by atoms with Crippen molar-refractivity contribution in [2.24, 2.45) is 0 Å². The van der Waals surface area contributed by atoms with Gasteiger partial charge in [-0.25, -0.2) is 0 Å². The standard InChI is InChI=1S/C23H25ClN2O5/c1-25(2)11-12-26-20(15-7-5-6-8-17(15)30-3)19(22(28)23(26)29)21(27)14-9-10-18(31-4)16(24)13-14/h5-10,13,20,27H,11-12H2,1-4H3/b21-19-. The number of amides is 1. The van der Waals surface area contributed by atoms with Crippen LogP contribution in [0.4, 0.5) is 0 Å². The van der Waals surface area contributed by atoms with Crippen LogP contribution >= 0.6 is 11.6 Å². The van der Waals surface area contributed by atoms with E-state index in [1.165, 1.54) is 25.2 Å². The number of carbonyl (C=O) groups excluding carboxylic acids is 2. The SMILES string of the molecule is COc1ccc(/C(O)=C2/C(=O)C(=O)N(CCN(C)C)C2c2ccccc2OC)cc1Cl. The van der Waals surface area contributed by atoms with Crippen LogP contribution in [0.15, 0.2) is 48.0 Å². The van der Waals surface area contributed by atoms with Crippen molar-refractivity contribution in [3.05, 3.63) is 64.2 Å². The number of nitrogens with zero attached hydrogens (tertiary/aromatic N) is 2. The number of hydrogen-bond donors (Lipinski definition) is 1. The molecule has 2 aromatic carbocycles. The van der Waals surface area contributed by atoms with Crippen molar-refractivity contribution in [1.82, 2.24) is 9.80 Å². The molecule has 1 saturated heterocycles. The maximum absolute atomic E-state index is 13.0. The molecule has 1 fully saturated rings. The molecule has 1 aliphatic rings. The molecule has 7 nitrogen and oxygen atoms in total. The first kappa shape index (κ1) is 22.7. The van der Waals surface area contributed by atoms with Crippen LogP contribution in [0.1, 0.15) is 17.2 Å². The summed E-state index contributed by atoms with van der Waals surface area (Å²) in [5.41, 5.74) is 0.926. The monoisotopic (exact) mass is 444 g/mol. The largest absolute Gasteiger partial charge is 0.507 e. The van der Waals surface area contributed by atoms with Crippen molar-refractivity contribution in [3.63, 3.8) is 0 Å². The molecule has 1 unspecified atom stereocenters. The Morgan fingerprint density at radius 1 is 1.10 bits per heavy atom. The first-order chi connectivity index (χ1) is 14.8. The molecular weight excluding hydrogens is 420 g/mol. The zero-order chi connectivity index (χ0) is 22.7. The van der Waals surface area contributed by atoms with E-state index in [4.69, 9.17) is 21.1 Å². The predicted molar refractivity (Wildman–Crippen MR) is 119 cm³/mol. The molecule has 3 rings (SSSR count). The normalized spacial score (nSPS) is 18.0. The quantitative estimate of drug-likeness (QED) is 0.401. The summed E-state index contributed by atoms with van der Waals surface area (Å²) in [6.07, 6.45) is 0. The average Bonchev–Trinajstić information content (AvgIpc) is 3.01. The first-order valence-corrected chi connectivity index (χ1v) is 10.1. The van der Waals surface area contributed by atoms with E-state index in [0.717, 1.165) is 0 Å². The van der Waals surface area contributed by atoms with Gasteiger partial charge in [0, 0.05) is 24.2 Å². The molecule has 0 radical (unpaired) electrons. The van der Waals surface area contributed by atoms with E-state index in [1.807, 2.05) is 19.0 Å². The second-order valence-electron chi connectivity index (χ2n) is 7.39. The Balaban J connectivity index is 2.20. The number of methoxy groups -OCH3 is 2. The Morgan fingerprint density at radius 3 is 2.39 bits per heavy atom. The fraction of sp³-hybridized carbons (Fsp3) is 0.304. The summed E-state index contributed by atoms with van der Waals surface area (Å²) in [6, 6.07) is 11.0. The highest BCUT2D eigenvalue weighted by Crippen LogP contribution is 2.43. The third kappa shape index (κ3) is 4.38. The van der Waals surface area contributed by atoms with E-state index in [0.29, 0.717) is 35.7 Å². The molecule has 1 heterocycles. The molecule has 1 atom stereocenters. The van der Waals surface area contributed by atoms with Crippen molar-refractivity contribution in [3.8, 4) is 11.5 Å². The van der Waals surface area contributed by atoms with E-state index < -0.39 is 17.7 Å². The van der Waals surface area contributed by atoms with Crippen molar-refractivity contribution in [2.45, 2.75) is 6.04 Å². The zero-order valence-corrected chi connectivity index (χ0v) is 18.6. The molecular formula is C23H25ClN2O5. The van der Waals surface area contributed by atoms with Crippen LogP contribution in [-0.4, -0.2) is 68.0 Å². The van der Waals surface area contributed by atoms with Gasteiger partial charge in [0.25, 0.3) is 11.7 Å². The minimum absolute atomic E-state index is 0.00510. The maximum atomic E-state index is 13.0. The Bertz CT molecular complexity index is 1030. The minimum Gasteiger partial charge on any atom is -0.507 e. The number of para-hydroxylation sites is 1. The summed E-state index contributed by atoms with van der Waals surface area (Å²) < 4.78 is 10.6. The van der Waals surface area contributed by atoms with Gasteiger partial charge in [0.1, 0.15) is 17.3 Å². The van der Waals surface area contributed by atoms with Crippen LogP contribution in [0.3, 0.4) is 0 Å². The number of Topliss-reactive ketones (excluding diaryl/α,β-unsaturated/α-hetero) is 1. The fourth-order valence-electron chi connectivity index (χ4n) is 3.60. The summed E-state index contributed by atoms with van der Waals surface area (Å²) >= 11 is 6.21. The van der Waals surface area contributed by atoms with Crippen molar-refractivity contribution in [1.29, 1.82) is 0 Å². The predicted octanol–water partition coefficient (Wildman–Crippen LogP) is 3.34. The zero-order valence-electron chi connectivity index (χ0n) is 17.9. The minimum atomic E-state index is -0.794. The van der Waals surface area contributed by atoms with Gasteiger partial charge in [-0.05, 0) is 38.4 Å². The van der Waals surface area contributed by atoms with Gasteiger partial charge in [-0.2, -0.15) is 0 Å². The lowest BCUT2D eigenvalue weighted by Crippen LogP contribution is -2.35. The lowest BCUT2D eigenvalue weighted by Gasteiger charge is -2.27. The number of halogens is 1. The van der Waals surface area contributed by atoms with Gasteiger partial charge < -0.3 is 24.4 Å². The van der Waals surface area contributed by atoms with E-state index in [-0.39, 0.29) is 16.4 Å². The van der Waals surface area contributed by atoms with Gasteiger partial charge in [-0.1, -0.05) is 29.8 Å². The smallest absolute Gasteiger partial charge is 0.295 e. The van der Waals surface area contributed by atoms with Crippen LogP contribution in [0.25, 0.3) is 5.76 Å². The molecule has 1 N–H and O–H groups in total. The molecule has 1 aliphatic heterocycles. The van der Waals surface area contributed by atoms with E-state index in [1.54, 1.807) is 36.4 Å². The first-order valence-electron chi connectivity index (χ1n) is 9.70. The highest BCUT2D eigenvalue weighted by Gasteiger charge is 2.46. The third-order valence-electron chi connectivity index (χ3n) is 5.19. The number of carbonyl (C=O) groups is 2. The number of ether oxygens (including phenoxy) is 2. The number of likely N-dealkylation sites (tertiary alicyclic amines) is 1. The van der Waals surface area contributed by atoms with Gasteiger partial charge >= 0.3 is 0 Å². The van der Waals surface area contributed by atoms with Crippen LogP contribution in [-0.2, 0) is 9.59 Å². The topological polar surface area (TPSA) is 79.3 Å². The fourth-order valence-corrected chi connectivity index (χ4v) is 3.86. The highest BCUT2D eigenvalue weighted by atomic mass is 35.5. The van der Waals surface area contributed by atoms with E-state index in [2.05, 4.69) is 0 Å². The lowest BCUT2D eigenvalue weighted by molar-refractivity contribution is -0.140. The Morgan fingerprint density at radius 2 is 1.77 bits per heavy atom. The second-order valence-corrected chi connectivity index (χ2v) is 7.79. The van der Waals surface area contributed by atoms with Crippen LogP contribution < -0.4 is 9.47 Å². The molecule has 164 valence electrons. The molecule has 8 heteroatoms. The van der Waals surface area contributed by atoms with Gasteiger partial charge in [0.2, 0.25) is 0 Å². The lowest BCUT2D eigenvalue weighted by atomic mass is 9.94. The number of ketones is 1. The van der Waals surface area contributed by atoms with E-state index in [9.17, 15) is 14.7 Å². The van der Waals surface area contributed by atoms with Crippen LogP contribution in [0.2, 0.25) is 5.02 Å². The molecule has 0 aromatic heterocycles.